The van der Waals surface area contributed by atoms with Crippen molar-refractivity contribution in [3.8, 4) is 0 Å². The first kappa shape index (κ1) is 24.9. The van der Waals surface area contributed by atoms with Crippen LogP contribution >= 0.6 is 39.1 Å². The third-order valence-electron chi connectivity index (χ3n) is 5.42. The van der Waals surface area contributed by atoms with Gasteiger partial charge in [0.15, 0.2) is 15.7 Å². The van der Waals surface area contributed by atoms with E-state index in [1.54, 1.807) is 38.2 Å². The molecule has 34 heavy (non-hydrogen) atoms. The molecule has 0 bridgehead atoms. The second-order valence-corrected chi connectivity index (χ2v) is 12.4. The van der Waals surface area contributed by atoms with Gasteiger partial charge in [-0.25, -0.2) is 18.4 Å². The fourth-order valence-corrected chi connectivity index (χ4v) is 7.01. The van der Waals surface area contributed by atoms with Gasteiger partial charge in [0.1, 0.15) is 10.7 Å². The molecule has 1 fully saturated rings. The number of hydrogen-bond acceptors (Lipinski definition) is 7. The summed E-state index contributed by atoms with van der Waals surface area (Å²) in [7, 11) is -3.16. The van der Waals surface area contributed by atoms with Gasteiger partial charge >= 0.3 is 0 Å². The number of sulfone groups is 1. The largest absolute Gasteiger partial charge is 0.345 e. The highest BCUT2D eigenvalue weighted by Gasteiger charge is 2.46. The summed E-state index contributed by atoms with van der Waals surface area (Å²) < 4.78 is 23.8. The summed E-state index contributed by atoms with van der Waals surface area (Å²) in [6.45, 7) is 3.37. The number of hydrazone groups is 1. The number of aromatic nitrogens is 1. The van der Waals surface area contributed by atoms with Gasteiger partial charge < -0.3 is 10.6 Å². The first-order valence-corrected chi connectivity index (χ1v) is 13.5. The average molecular weight is 589 g/mol. The lowest BCUT2D eigenvalue weighted by atomic mass is 10.0. The predicted octanol–water partition coefficient (Wildman–Crippen LogP) is 3.54. The van der Waals surface area contributed by atoms with E-state index in [4.69, 9.17) is 23.2 Å². The number of carbonyl (C=O) groups is 2. The molecular formula is C21H20BrCl2N5O4S. The zero-order chi connectivity index (χ0) is 24.8. The highest BCUT2D eigenvalue weighted by molar-refractivity contribution is 9.18. The number of amides is 2. The van der Waals surface area contributed by atoms with Gasteiger partial charge in [0.05, 0.1) is 33.3 Å². The van der Waals surface area contributed by atoms with E-state index in [1.807, 2.05) is 0 Å². The second-order valence-electron chi connectivity index (χ2n) is 8.53. The normalized spacial score (nSPS) is 20.3. The van der Waals surface area contributed by atoms with Crippen molar-refractivity contribution in [2.75, 3.05) is 21.8 Å². The van der Waals surface area contributed by atoms with Crippen LogP contribution in [0, 0.1) is 6.92 Å². The Labute approximate surface area is 214 Å². The van der Waals surface area contributed by atoms with Crippen LogP contribution in [0.5, 0.6) is 0 Å². The van der Waals surface area contributed by atoms with Crippen molar-refractivity contribution in [2.24, 2.45) is 5.10 Å². The number of benzene rings is 1. The smallest absolute Gasteiger partial charge is 0.253 e. The van der Waals surface area contributed by atoms with Crippen LogP contribution in [0.1, 0.15) is 29.3 Å². The summed E-state index contributed by atoms with van der Waals surface area (Å²) in [5.41, 5.74) is 0.0826. The molecule has 9 nitrogen and oxygen atoms in total. The van der Waals surface area contributed by atoms with E-state index < -0.39 is 33.2 Å². The topological polar surface area (TPSA) is 121 Å². The number of rotatable bonds is 5. The minimum absolute atomic E-state index is 0.129. The molecule has 0 saturated carbocycles. The molecule has 4 rings (SSSR count). The van der Waals surface area contributed by atoms with Crippen LogP contribution in [0.4, 0.5) is 11.5 Å². The zero-order valence-electron chi connectivity index (χ0n) is 18.1. The van der Waals surface area contributed by atoms with Gasteiger partial charge in [-0.1, -0.05) is 23.2 Å². The molecule has 1 saturated heterocycles. The maximum Gasteiger partial charge on any atom is 0.253 e. The van der Waals surface area contributed by atoms with E-state index in [0.29, 0.717) is 26.0 Å². The molecule has 3 heterocycles. The van der Waals surface area contributed by atoms with Crippen molar-refractivity contribution in [2.45, 2.75) is 31.8 Å². The fraction of sp³-hybridized carbons (Fsp3) is 0.333. The van der Waals surface area contributed by atoms with Crippen LogP contribution in [-0.2, 0) is 14.6 Å². The number of halogens is 3. The molecule has 2 amide bonds. The van der Waals surface area contributed by atoms with E-state index in [2.05, 4.69) is 36.6 Å². The number of pyridine rings is 1. The van der Waals surface area contributed by atoms with Crippen LogP contribution in [0.15, 0.2) is 35.6 Å². The van der Waals surface area contributed by atoms with Gasteiger partial charge in [0.25, 0.3) is 5.91 Å². The van der Waals surface area contributed by atoms with Gasteiger partial charge in [0, 0.05) is 17.6 Å². The van der Waals surface area contributed by atoms with E-state index in [0.717, 1.165) is 0 Å². The molecule has 2 aliphatic rings. The van der Waals surface area contributed by atoms with Crippen molar-refractivity contribution in [3.63, 3.8) is 0 Å². The van der Waals surface area contributed by atoms with E-state index in [9.17, 15) is 18.0 Å². The summed E-state index contributed by atoms with van der Waals surface area (Å²) in [5, 5.41) is 12.0. The Kier molecular flexibility index (Phi) is 6.67. The van der Waals surface area contributed by atoms with Crippen LogP contribution in [0.2, 0.25) is 10.0 Å². The highest BCUT2D eigenvalue weighted by Crippen LogP contribution is 2.33. The van der Waals surface area contributed by atoms with E-state index >= 15 is 0 Å². The van der Waals surface area contributed by atoms with Crippen molar-refractivity contribution in [1.29, 1.82) is 0 Å². The molecule has 180 valence electrons. The van der Waals surface area contributed by atoms with Crippen LogP contribution in [-0.4, -0.2) is 52.9 Å². The second kappa shape index (κ2) is 9.10. The Bertz CT molecular complexity index is 1320. The third-order valence-corrected chi connectivity index (χ3v) is 8.57. The molecule has 1 unspecified atom stereocenters. The van der Waals surface area contributed by atoms with E-state index in [-0.39, 0.29) is 29.2 Å². The minimum Gasteiger partial charge on any atom is -0.345 e. The molecule has 2 N–H and O–H groups in total. The number of nitrogens with zero attached hydrogens (tertiary/aromatic N) is 3. The molecule has 1 atom stereocenters. The van der Waals surface area contributed by atoms with Gasteiger partial charge in [-0.15, -0.1) is 0 Å². The van der Waals surface area contributed by atoms with Crippen molar-refractivity contribution < 1.29 is 18.0 Å². The lowest BCUT2D eigenvalue weighted by Crippen LogP contribution is -2.63. The predicted molar refractivity (Wildman–Crippen MR) is 136 cm³/mol. The van der Waals surface area contributed by atoms with Crippen molar-refractivity contribution in [1.82, 2.24) is 10.3 Å². The molecule has 2 aliphatic heterocycles. The highest BCUT2D eigenvalue weighted by atomic mass is 79.9. The standard InChI is InChI=1S/C21H20BrCl2N5O4S/c1-11-6-12(23)7-13(19(30)27-21(2)9-34(32,33)10-21)17(11)26-20(31)15-8-16(22)28-29(15)18-14(24)4-3-5-25-18/h3-7,15H,8-10H2,1-2H3,(H,26,31)(H,27,30). The molecule has 1 aromatic heterocycles. The van der Waals surface area contributed by atoms with Crippen LogP contribution in [0.3, 0.4) is 0 Å². The Morgan fingerprint density at radius 1 is 1.26 bits per heavy atom. The third kappa shape index (κ3) is 5.07. The summed E-state index contributed by atoms with van der Waals surface area (Å²) in [6, 6.07) is 5.60. The number of anilines is 2. The zero-order valence-corrected chi connectivity index (χ0v) is 22.0. The average Bonchev–Trinajstić information content (AvgIpc) is 3.09. The lowest BCUT2D eigenvalue weighted by Gasteiger charge is -2.38. The molecule has 2 aromatic rings. The molecular weight excluding hydrogens is 569 g/mol. The first-order chi connectivity index (χ1) is 15.9. The fourth-order valence-electron chi connectivity index (χ4n) is 4.05. The molecule has 13 heteroatoms. The van der Waals surface area contributed by atoms with Crippen molar-refractivity contribution >= 4 is 76.9 Å². The molecule has 0 aliphatic carbocycles. The summed E-state index contributed by atoms with van der Waals surface area (Å²) >= 11 is 15.8. The maximum absolute atomic E-state index is 13.3. The summed E-state index contributed by atoms with van der Waals surface area (Å²) in [4.78, 5) is 30.7. The van der Waals surface area contributed by atoms with Gasteiger partial charge in [0.2, 0.25) is 5.91 Å². The first-order valence-electron chi connectivity index (χ1n) is 10.1. The Hall–Kier alpha value is -2.21. The van der Waals surface area contributed by atoms with Crippen LogP contribution < -0.4 is 15.6 Å². The summed E-state index contributed by atoms with van der Waals surface area (Å²) in [5.74, 6) is -0.951. The maximum atomic E-state index is 13.3. The quantitative estimate of drug-likeness (QED) is 0.551. The monoisotopic (exact) mass is 587 g/mol. The Morgan fingerprint density at radius 3 is 2.62 bits per heavy atom. The summed E-state index contributed by atoms with van der Waals surface area (Å²) in [6.07, 6.45) is 1.81. The van der Waals surface area contributed by atoms with E-state index in [1.165, 1.54) is 11.1 Å². The number of aryl methyl sites for hydroxylation is 1. The van der Waals surface area contributed by atoms with Crippen LogP contribution in [0.25, 0.3) is 0 Å². The molecule has 0 radical (unpaired) electrons. The minimum atomic E-state index is -3.16. The Morgan fingerprint density at radius 2 is 1.97 bits per heavy atom. The van der Waals surface area contributed by atoms with Gasteiger partial charge in [-0.05, 0) is 59.6 Å². The SMILES string of the molecule is Cc1cc(Cl)cc(C(=O)NC2(C)CS(=O)(=O)C2)c1NC(=O)C1CC(Br)=NN1c1ncccc1Cl. The van der Waals surface area contributed by atoms with Gasteiger partial charge in [-0.2, -0.15) is 5.10 Å². The van der Waals surface area contributed by atoms with Crippen molar-refractivity contribution in [3.05, 3.63) is 51.6 Å². The number of hydrogen-bond donors (Lipinski definition) is 2. The Balaban J connectivity index is 1.61. The number of nitrogens with one attached hydrogen (secondary N) is 2. The number of carbonyl (C=O) groups excluding carboxylic acids is 2. The van der Waals surface area contributed by atoms with Gasteiger partial charge in [-0.3, -0.25) is 9.59 Å². The molecule has 1 aromatic carbocycles. The lowest BCUT2D eigenvalue weighted by molar-refractivity contribution is -0.117. The molecule has 0 spiro atoms.